The molecule has 0 aliphatic heterocycles. The average molecular weight is 456 g/mol. The summed E-state index contributed by atoms with van der Waals surface area (Å²) in [7, 11) is 0. The lowest BCUT2D eigenvalue weighted by Crippen LogP contribution is -2.33. The standard InChI is InChI=1S/C23H29N5O3S/c1-4-12-27(16-21-25-26-22(31-21)19-11-8-13-32-19)15-20(29)24-18-10-7-9-17(14-18)23(30)28(5-2)6-3/h7-11,13-14H,4-6,12,15-16H2,1-3H3,(H,24,29). The monoisotopic (exact) mass is 455 g/mol. The Bertz CT molecular complexity index is 1010. The Hall–Kier alpha value is -3.04. The van der Waals surface area contributed by atoms with Gasteiger partial charge in [-0.2, -0.15) is 0 Å². The maximum absolute atomic E-state index is 12.7. The van der Waals surface area contributed by atoms with Crippen molar-refractivity contribution in [1.29, 1.82) is 0 Å². The van der Waals surface area contributed by atoms with Gasteiger partial charge in [0, 0.05) is 24.3 Å². The quantitative estimate of drug-likeness (QED) is 0.467. The summed E-state index contributed by atoms with van der Waals surface area (Å²) in [5.41, 5.74) is 1.16. The van der Waals surface area contributed by atoms with Gasteiger partial charge in [0.1, 0.15) is 0 Å². The fraction of sp³-hybridized carbons (Fsp3) is 0.391. The molecule has 170 valence electrons. The van der Waals surface area contributed by atoms with Gasteiger partial charge in [-0.05, 0) is 56.5 Å². The number of hydrogen-bond acceptors (Lipinski definition) is 7. The molecule has 3 rings (SSSR count). The molecule has 1 aromatic carbocycles. The summed E-state index contributed by atoms with van der Waals surface area (Å²) in [6.45, 7) is 8.51. The van der Waals surface area contributed by atoms with E-state index in [1.807, 2.05) is 36.3 Å². The van der Waals surface area contributed by atoms with Crippen molar-refractivity contribution < 1.29 is 14.0 Å². The second kappa shape index (κ2) is 11.5. The molecule has 0 saturated carbocycles. The van der Waals surface area contributed by atoms with Gasteiger partial charge >= 0.3 is 0 Å². The first kappa shape index (κ1) is 23.6. The average Bonchev–Trinajstić information content (AvgIpc) is 3.47. The van der Waals surface area contributed by atoms with Gasteiger partial charge in [0.25, 0.3) is 11.8 Å². The smallest absolute Gasteiger partial charge is 0.257 e. The van der Waals surface area contributed by atoms with Crippen LogP contribution in [-0.2, 0) is 11.3 Å². The molecule has 0 radical (unpaired) electrons. The highest BCUT2D eigenvalue weighted by Gasteiger charge is 2.17. The molecule has 0 aliphatic rings. The van der Waals surface area contributed by atoms with Crippen LogP contribution in [0, 0.1) is 0 Å². The number of amides is 2. The fourth-order valence-corrected chi connectivity index (χ4v) is 4.01. The van der Waals surface area contributed by atoms with Crippen LogP contribution in [0.25, 0.3) is 10.8 Å². The molecule has 2 aromatic heterocycles. The largest absolute Gasteiger partial charge is 0.419 e. The van der Waals surface area contributed by atoms with Crippen molar-refractivity contribution in [2.24, 2.45) is 0 Å². The number of nitrogens with one attached hydrogen (secondary N) is 1. The van der Waals surface area contributed by atoms with Crippen LogP contribution in [0.4, 0.5) is 5.69 Å². The minimum absolute atomic E-state index is 0.0448. The van der Waals surface area contributed by atoms with E-state index in [2.05, 4.69) is 22.4 Å². The molecule has 0 bridgehead atoms. The molecule has 0 atom stereocenters. The maximum Gasteiger partial charge on any atom is 0.257 e. The van der Waals surface area contributed by atoms with Crippen LogP contribution >= 0.6 is 11.3 Å². The van der Waals surface area contributed by atoms with E-state index in [1.165, 1.54) is 11.3 Å². The van der Waals surface area contributed by atoms with Crippen molar-refractivity contribution in [3.8, 4) is 10.8 Å². The zero-order chi connectivity index (χ0) is 22.9. The van der Waals surface area contributed by atoms with Gasteiger partial charge in [-0.25, -0.2) is 0 Å². The van der Waals surface area contributed by atoms with Crippen molar-refractivity contribution in [3.63, 3.8) is 0 Å². The third-order valence-electron chi connectivity index (χ3n) is 4.91. The van der Waals surface area contributed by atoms with E-state index in [4.69, 9.17) is 4.42 Å². The Balaban J connectivity index is 1.62. The van der Waals surface area contributed by atoms with Crippen LogP contribution in [0.1, 0.15) is 43.4 Å². The van der Waals surface area contributed by atoms with Gasteiger partial charge in [0.15, 0.2) is 0 Å². The zero-order valence-electron chi connectivity index (χ0n) is 18.7. The number of aromatic nitrogens is 2. The molecule has 3 aromatic rings. The molecule has 2 heterocycles. The summed E-state index contributed by atoms with van der Waals surface area (Å²) >= 11 is 1.54. The number of rotatable bonds is 11. The maximum atomic E-state index is 12.7. The topological polar surface area (TPSA) is 91.6 Å². The summed E-state index contributed by atoms with van der Waals surface area (Å²) in [5.74, 6) is 0.757. The highest BCUT2D eigenvalue weighted by molar-refractivity contribution is 7.13. The van der Waals surface area contributed by atoms with E-state index >= 15 is 0 Å². The minimum Gasteiger partial charge on any atom is -0.419 e. The minimum atomic E-state index is -0.163. The Morgan fingerprint density at radius 1 is 1.09 bits per heavy atom. The van der Waals surface area contributed by atoms with Crippen LogP contribution in [-0.4, -0.2) is 58.0 Å². The van der Waals surface area contributed by atoms with E-state index < -0.39 is 0 Å². The number of hydrogen-bond donors (Lipinski definition) is 1. The van der Waals surface area contributed by atoms with Gasteiger partial charge in [0.2, 0.25) is 11.8 Å². The van der Waals surface area contributed by atoms with E-state index in [0.29, 0.717) is 49.2 Å². The first-order valence-electron chi connectivity index (χ1n) is 10.8. The van der Waals surface area contributed by atoms with Gasteiger partial charge in [0.05, 0.1) is 18.0 Å². The molecular formula is C23H29N5O3S. The van der Waals surface area contributed by atoms with E-state index in [0.717, 1.165) is 11.3 Å². The molecule has 0 fully saturated rings. The highest BCUT2D eigenvalue weighted by atomic mass is 32.1. The molecule has 32 heavy (non-hydrogen) atoms. The fourth-order valence-electron chi connectivity index (χ4n) is 3.37. The zero-order valence-corrected chi connectivity index (χ0v) is 19.5. The first-order valence-corrected chi connectivity index (χ1v) is 11.7. The van der Waals surface area contributed by atoms with Crippen molar-refractivity contribution in [2.75, 3.05) is 31.5 Å². The Labute approximate surface area is 192 Å². The number of carbonyl (C=O) groups excluding carboxylic acids is 2. The highest BCUT2D eigenvalue weighted by Crippen LogP contribution is 2.23. The molecule has 0 aliphatic carbocycles. The van der Waals surface area contributed by atoms with Gasteiger partial charge < -0.3 is 14.6 Å². The van der Waals surface area contributed by atoms with Crippen LogP contribution < -0.4 is 5.32 Å². The van der Waals surface area contributed by atoms with Crippen LogP contribution in [0.5, 0.6) is 0 Å². The molecular weight excluding hydrogens is 426 g/mol. The molecule has 0 saturated heterocycles. The summed E-state index contributed by atoms with van der Waals surface area (Å²) < 4.78 is 5.76. The summed E-state index contributed by atoms with van der Waals surface area (Å²) in [6, 6.07) is 10.9. The molecule has 1 N–H and O–H groups in total. The first-order chi connectivity index (χ1) is 15.5. The predicted octanol–water partition coefficient (Wildman–Crippen LogP) is 4.13. The lowest BCUT2D eigenvalue weighted by atomic mass is 10.1. The lowest BCUT2D eigenvalue weighted by Gasteiger charge is -2.20. The SMILES string of the molecule is CCCN(CC(=O)Nc1cccc(C(=O)N(CC)CC)c1)Cc1nnc(-c2cccs2)o1. The predicted molar refractivity (Wildman–Crippen MR) is 126 cm³/mol. The summed E-state index contributed by atoms with van der Waals surface area (Å²) in [5, 5.41) is 13.1. The third-order valence-corrected chi connectivity index (χ3v) is 5.77. The van der Waals surface area contributed by atoms with Crippen molar-refractivity contribution in [2.45, 2.75) is 33.7 Å². The van der Waals surface area contributed by atoms with Crippen molar-refractivity contribution in [1.82, 2.24) is 20.0 Å². The third kappa shape index (κ3) is 6.24. The van der Waals surface area contributed by atoms with Crippen LogP contribution in [0.15, 0.2) is 46.2 Å². The Kier molecular flexibility index (Phi) is 8.52. The van der Waals surface area contributed by atoms with Crippen LogP contribution in [0.2, 0.25) is 0 Å². The number of thiophene rings is 1. The van der Waals surface area contributed by atoms with Crippen molar-refractivity contribution in [3.05, 3.63) is 53.2 Å². The van der Waals surface area contributed by atoms with Crippen LogP contribution in [0.3, 0.4) is 0 Å². The number of carbonyl (C=O) groups is 2. The van der Waals surface area contributed by atoms with Gasteiger partial charge in [-0.1, -0.05) is 19.1 Å². The molecule has 0 spiro atoms. The normalized spacial score (nSPS) is 11.0. The Morgan fingerprint density at radius 2 is 1.91 bits per heavy atom. The Morgan fingerprint density at radius 3 is 2.59 bits per heavy atom. The van der Waals surface area contributed by atoms with Crippen molar-refractivity contribution >= 4 is 28.8 Å². The van der Waals surface area contributed by atoms with E-state index in [9.17, 15) is 9.59 Å². The number of anilines is 1. The van der Waals surface area contributed by atoms with Gasteiger partial charge in [-0.15, -0.1) is 21.5 Å². The molecule has 9 heteroatoms. The molecule has 2 amide bonds. The van der Waals surface area contributed by atoms with E-state index in [1.54, 1.807) is 29.2 Å². The molecule has 8 nitrogen and oxygen atoms in total. The van der Waals surface area contributed by atoms with Gasteiger partial charge in [-0.3, -0.25) is 14.5 Å². The second-order valence-corrected chi connectivity index (χ2v) is 8.24. The number of benzene rings is 1. The summed E-state index contributed by atoms with van der Waals surface area (Å²) in [6.07, 6.45) is 0.882. The summed E-state index contributed by atoms with van der Waals surface area (Å²) in [4.78, 5) is 29.9. The second-order valence-electron chi connectivity index (χ2n) is 7.30. The molecule has 0 unspecified atom stereocenters. The number of nitrogens with zero attached hydrogens (tertiary/aromatic N) is 4. The lowest BCUT2D eigenvalue weighted by molar-refractivity contribution is -0.117. The van der Waals surface area contributed by atoms with E-state index in [-0.39, 0.29) is 18.4 Å².